The number of hydrogen-bond donors (Lipinski definition) is 2. The second-order valence-corrected chi connectivity index (χ2v) is 6.40. The summed E-state index contributed by atoms with van der Waals surface area (Å²) in [5, 5.41) is 21.3. The lowest BCUT2D eigenvalue weighted by Crippen LogP contribution is -1.97. The molecule has 0 unspecified atom stereocenters. The minimum Gasteiger partial charge on any atom is -0.503 e. The summed E-state index contributed by atoms with van der Waals surface area (Å²) >= 11 is 8.57. The summed E-state index contributed by atoms with van der Waals surface area (Å²) in [6.45, 7) is 0. The molecule has 26 heavy (non-hydrogen) atoms. The Morgan fingerprint density at radius 1 is 1.23 bits per heavy atom. The van der Waals surface area contributed by atoms with Crippen molar-refractivity contribution in [1.29, 1.82) is 0 Å². The fourth-order valence-electron chi connectivity index (χ4n) is 2.35. The molecule has 3 rings (SSSR count). The number of nitrogens with one attached hydrogen (secondary N) is 1. The minimum absolute atomic E-state index is 0.0271. The van der Waals surface area contributed by atoms with Gasteiger partial charge in [0.1, 0.15) is 5.75 Å². The number of halogens is 1. The van der Waals surface area contributed by atoms with Crippen molar-refractivity contribution in [1.82, 2.24) is 14.9 Å². The number of hydrogen-bond acceptors (Lipinski definition) is 6. The van der Waals surface area contributed by atoms with E-state index in [1.807, 2.05) is 24.3 Å². The van der Waals surface area contributed by atoms with E-state index in [1.54, 1.807) is 25.5 Å². The van der Waals surface area contributed by atoms with E-state index in [9.17, 15) is 5.11 Å². The molecule has 0 spiro atoms. The second-order valence-electron chi connectivity index (χ2n) is 5.16. The molecule has 0 aliphatic heterocycles. The average Bonchev–Trinajstić information content (AvgIpc) is 3.02. The molecule has 0 aliphatic carbocycles. The molecule has 0 radical (unpaired) electrons. The number of phenolic OH excluding ortho intramolecular Hbond substituents is 1. The van der Waals surface area contributed by atoms with Gasteiger partial charge in [0.15, 0.2) is 17.3 Å². The molecule has 134 valence electrons. The molecular formula is C17H15BrN4O3S. The molecular weight excluding hydrogens is 420 g/mol. The summed E-state index contributed by atoms with van der Waals surface area (Å²) in [7, 11) is 3.07. The Hall–Kier alpha value is -2.65. The van der Waals surface area contributed by atoms with Crippen molar-refractivity contribution in [2.45, 2.75) is 0 Å². The molecule has 0 bridgehead atoms. The number of rotatable bonds is 5. The van der Waals surface area contributed by atoms with E-state index in [2.05, 4.69) is 31.2 Å². The number of aromatic nitrogens is 3. The number of nitrogens with zero attached hydrogens (tertiary/aromatic N) is 3. The molecule has 0 saturated carbocycles. The third kappa shape index (κ3) is 3.49. The first-order valence-electron chi connectivity index (χ1n) is 7.46. The predicted octanol–water partition coefficient (Wildman–Crippen LogP) is 3.98. The molecule has 9 heteroatoms. The van der Waals surface area contributed by atoms with Crippen LogP contribution in [0.3, 0.4) is 0 Å². The number of phenols is 1. The Kier molecular flexibility index (Phi) is 5.38. The number of para-hydroxylation sites is 1. The highest BCUT2D eigenvalue weighted by Crippen LogP contribution is 2.34. The van der Waals surface area contributed by atoms with Crippen molar-refractivity contribution in [3.63, 3.8) is 0 Å². The van der Waals surface area contributed by atoms with Crippen molar-refractivity contribution >= 4 is 34.4 Å². The second kappa shape index (κ2) is 7.71. The van der Waals surface area contributed by atoms with Gasteiger partial charge in [0, 0.05) is 0 Å². The largest absolute Gasteiger partial charge is 0.503 e. The van der Waals surface area contributed by atoms with Gasteiger partial charge in [-0.15, -0.1) is 0 Å². The fraction of sp³-hybridized carbons (Fsp3) is 0.118. The Morgan fingerprint density at radius 2 is 1.96 bits per heavy atom. The Labute approximate surface area is 163 Å². The third-order valence-electron chi connectivity index (χ3n) is 3.59. The van der Waals surface area contributed by atoms with Crippen LogP contribution < -0.4 is 9.47 Å². The fourth-order valence-corrected chi connectivity index (χ4v) is 2.99. The first kappa shape index (κ1) is 18.2. The van der Waals surface area contributed by atoms with Gasteiger partial charge < -0.3 is 14.6 Å². The van der Waals surface area contributed by atoms with E-state index in [4.69, 9.17) is 21.7 Å². The lowest BCUT2D eigenvalue weighted by atomic mass is 10.2. The van der Waals surface area contributed by atoms with Crippen LogP contribution in [0.1, 0.15) is 5.56 Å². The van der Waals surface area contributed by atoms with Crippen molar-refractivity contribution < 1.29 is 14.6 Å². The lowest BCUT2D eigenvalue weighted by Gasteiger charge is -2.07. The number of H-pyrrole nitrogens is 1. The van der Waals surface area contributed by atoms with Crippen molar-refractivity contribution in [3.05, 3.63) is 51.2 Å². The summed E-state index contributed by atoms with van der Waals surface area (Å²) in [5.41, 5.74) is 1.46. The first-order chi connectivity index (χ1) is 12.5. The number of methoxy groups -OCH3 is 2. The summed E-state index contributed by atoms with van der Waals surface area (Å²) in [4.78, 5) is 0. The molecule has 0 aliphatic rings. The van der Waals surface area contributed by atoms with Crippen LogP contribution in [0.5, 0.6) is 17.2 Å². The maximum absolute atomic E-state index is 9.90. The number of benzene rings is 2. The molecule has 1 aromatic heterocycles. The highest BCUT2D eigenvalue weighted by atomic mass is 79.9. The van der Waals surface area contributed by atoms with Gasteiger partial charge in [0.05, 0.1) is 30.5 Å². The molecule has 0 fully saturated rings. The van der Waals surface area contributed by atoms with Gasteiger partial charge in [0.25, 0.3) is 0 Å². The zero-order valence-corrected chi connectivity index (χ0v) is 16.3. The summed E-state index contributed by atoms with van der Waals surface area (Å²) in [6, 6.07) is 10.8. The summed E-state index contributed by atoms with van der Waals surface area (Å²) in [5.74, 6) is 1.54. The van der Waals surface area contributed by atoms with Gasteiger partial charge in [-0.3, -0.25) is 0 Å². The minimum atomic E-state index is 0.0271. The summed E-state index contributed by atoms with van der Waals surface area (Å²) < 4.78 is 12.9. The number of ether oxygens (including phenoxy) is 2. The lowest BCUT2D eigenvalue weighted by molar-refractivity contribution is 0.372. The van der Waals surface area contributed by atoms with Crippen LogP contribution in [0.15, 0.2) is 46.0 Å². The van der Waals surface area contributed by atoms with Crippen LogP contribution in [0.2, 0.25) is 0 Å². The van der Waals surface area contributed by atoms with E-state index >= 15 is 0 Å². The van der Waals surface area contributed by atoms with Crippen molar-refractivity contribution in [3.8, 4) is 28.6 Å². The Balaban J connectivity index is 2.04. The van der Waals surface area contributed by atoms with E-state index in [1.165, 1.54) is 11.8 Å². The van der Waals surface area contributed by atoms with Gasteiger partial charge in [-0.05, 0) is 58.0 Å². The predicted molar refractivity (Wildman–Crippen MR) is 105 cm³/mol. The van der Waals surface area contributed by atoms with Crippen LogP contribution in [0.4, 0.5) is 0 Å². The number of aromatic hydroxyl groups is 1. The maximum Gasteiger partial charge on any atom is 0.216 e. The molecule has 3 aromatic rings. The SMILES string of the molecule is COc1ccccc1-c1n[nH]c(=S)n1/N=C/c1cc(Br)c(O)c(OC)c1. The van der Waals surface area contributed by atoms with Crippen molar-refractivity contribution in [2.75, 3.05) is 14.2 Å². The van der Waals surface area contributed by atoms with Gasteiger partial charge in [-0.2, -0.15) is 14.9 Å². The molecule has 0 amide bonds. The third-order valence-corrected chi connectivity index (χ3v) is 4.46. The molecule has 0 saturated heterocycles. The molecule has 1 heterocycles. The van der Waals surface area contributed by atoms with Gasteiger partial charge in [-0.1, -0.05) is 12.1 Å². The topological polar surface area (TPSA) is 84.7 Å². The van der Waals surface area contributed by atoms with Crippen LogP contribution in [0, 0.1) is 4.77 Å². The quantitative estimate of drug-likeness (QED) is 0.468. The molecule has 2 aromatic carbocycles. The van der Waals surface area contributed by atoms with E-state index in [0.29, 0.717) is 32.1 Å². The normalized spacial score (nSPS) is 11.0. The highest BCUT2D eigenvalue weighted by Gasteiger charge is 2.13. The van der Waals surface area contributed by atoms with Crippen LogP contribution in [0.25, 0.3) is 11.4 Å². The highest BCUT2D eigenvalue weighted by molar-refractivity contribution is 9.10. The van der Waals surface area contributed by atoms with Gasteiger partial charge >= 0.3 is 0 Å². The van der Waals surface area contributed by atoms with Crippen LogP contribution >= 0.6 is 28.1 Å². The maximum atomic E-state index is 9.90. The van der Waals surface area contributed by atoms with Crippen LogP contribution in [-0.4, -0.2) is 40.4 Å². The zero-order valence-electron chi connectivity index (χ0n) is 13.9. The average molecular weight is 435 g/mol. The number of aromatic amines is 1. The van der Waals surface area contributed by atoms with Gasteiger partial charge in [-0.25, -0.2) is 5.10 Å². The van der Waals surface area contributed by atoms with E-state index < -0.39 is 0 Å². The van der Waals surface area contributed by atoms with Crippen LogP contribution in [-0.2, 0) is 0 Å². The zero-order chi connectivity index (χ0) is 18.7. The monoisotopic (exact) mass is 434 g/mol. The Bertz CT molecular complexity index is 1030. The van der Waals surface area contributed by atoms with E-state index in [-0.39, 0.29) is 5.75 Å². The standard InChI is InChI=1S/C17H15BrN4O3S/c1-24-13-6-4-3-5-11(13)16-20-21-17(26)22(16)19-9-10-7-12(18)15(23)14(8-10)25-2/h3-9,23H,1-2H3,(H,21,26)/b19-9+. The van der Waals surface area contributed by atoms with E-state index in [0.717, 1.165) is 5.56 Å². The summed E-state index contributed by atoms with van der Waals surface area (Å²) in [6.07, 6.45) is 1.59. The smallest absolute Gasteiger partial charge is 0.216 e. The first-order valence-corrected chi connectivity index (χ1v) is 8.67. The Morgan fingerprint density at radius 3 is 2.69 bits per heavy atom. The van der Waals surface area contributed by atoms with Gasteiger partial charge in [0.2, 0.25) is 4.77 Å². The molecule has 2 N–H and O–H groups in total. The molecule has 0 atom stereocenters. The van der Waals surface area contributed by atoms with Crippen molar-refractivity contribution in [2.24, 2.45) is 5.10 Å². The molecule has 7 nitrogen and oxygen atoms in total.